The van der Waals surface area contributed by atoms with Gasteiger partial charge in [-0.2, -0.15) is 0 Å². The van der Waals surface area contributed by atoms with Gasteiger partial charge >= 0.3 is 0 Å². The Morgan fingerprint density at radius 3 is 2.60 bits per heavy atom. The van der Waals surface area contributed by atoms with Gasteiger partial charge in [-0.25, -0.2) is 4.98 Å². The molecule has 25 heavy (non-hydrogen) atoms. The number of carbonyl (C=O) groups excluding carboxylic acids is 1. The molecule has 2 aromatic rings. The summed E-state index contributed by atoms with van der Waals surface area (Å²) < 4.78 is 15.4. The van der Waals surface area contributed by atoms with Gasteiger partial charge in [0.2, 0.25) is 0 Å². The summed E-state index contributed by atoms with van der Waals surface area (Å²) in [5.74, 6) is 1.63. The molecule has 2 rings (SSSR count). The SMILES string of the molecule is COCCCNc1ccc(C(=O)Nc2ccc(OC)cc2OC)cn1. The van der Waals surface area contributed by atoms with Crippen LogP contribution < -0.4 is 20.1 Å². The third-order valence-electron chi connectivity index (χ3n) is 3.51. The molecule has 0 saturated heterocycles. The second-order valence-corrected chi connectivity index (χ2v) is 5.23. The number of ether oxygens (including phenoxy) is 3. The number of aromatic nitrogens is 1. The van der Waals surface area contributed by atoms with Gasteiger partial charge in [-0.15, -0.1) is 0 Å². The van der Waals surface area contributed by atoms with Crippen LogP contribution in [0.3, 0.4) is 0 Å². The van der Waals surface area contributed by atoms with E-state index < -0.39 is 0 Å². The van der Waals surface area contributed by atoms with Crippen LogP contribution in [-0.2, 0) is 4.74 Å². The number of hydrogen-bond acceptors (Lipinski definition) is 6. The monoisotopic (exact) mass is 345 g/mol. The largest absolute Gasteiger partial charge is 0.497 e. The first kappa shape index (κ1) is 18.5. The van der Waals surface area contributed by atoms with E-state index in [1.54, 1.807) is 44.6 Å². The Bertz CT molecular complexity index is 689. The van der Waals surface area contributed by atoms with E-state index in [2.05, 4.69) is 15.6 Å². The molecular weight excluding hydrogens is 322 g/mol. The fourth-order valence-electron chi connectivity index (χ4n) is 2.16. The van der Waals surface area contributed by atoms with Crippen molar-refractivity contribution >= 4 is 17.4 Å². The molecule has 0 aliphatic heterocycles. The molecule has 1 aromatic heterocycles. The van der Waals surface area contributed by atoms with Gasteiger partial charge < -0.3 is 24.8 Å². The molecule has 1 heterocycles. The normalized spacial score (nSPS) is 10.2. The topological polar surface area (TPSA) is 81.7 Å². The van der Waals surface area contributed by atoms with E-state index in [1.807, 2.05) is 0 Å². The van der Waals surface area contributed by atoms with Gasteiger partial charge in [0, 0.05) is 32.5 Å². The van der Waals surface area contributed by atoms with Crippen molar-refractivity contribution in [3.05, 3.63) is 42.1 Å². The van der Waals surface area contributed by atoms with Gasteiger partial charge in [-0.1, -0.05) is 0 Å². The molecule has 0 fully saturated rings. The fraction of sp³-hybridized carbons (Fsp3) is 0.333. The maximum absolute atomic E-state index is 12.4. The van der Waals surface area contributed by atoms with Crippen molar-refractivity contribution in [1.29, 1.82) is 0 Å². The van der Waals surface area contributed by atoms with Gasteiger partial charge in [0.05, 0.1) is 25.5 Å². The maximum Gasteiger partial charge on any atom is 0.257 e. The molecule has 0 aliphatic carbocycles. The highest BCUT2D eigenvalue weighted by Crippen LogP contribution is 2.29. The summed E-state index contributed by atoms with van der Waals surface area (Å²) in [6.45, 7) is 1.45. The molecule has 134 valence electrons. The Balaban J connectivity index is 1.99. The number of methoxy groups -OCH3 is 3. The lowest BCUT2D eigenvalue weighted by atomic mass is 10.2. The van der Waals surface area contributed by atoms with Gasteiger partial charge in [0.25, 0.3) is 5.91 Å². The smallest absolute Gasteiger partial charge is 0.257 e. The molecule has 0 aliphatic rings. The Morgan fingerprint density at radius 2 is 1.96 bits per heavy atom. The van der Waals surface area contributed by atoms with E-state index >= 15 is 0 Å². The van der Waals surface area contributed by atoms with Crippen LogP contribution in [0.5, 0.6) is 11.5 Å². The maximum atomic E-state index is 12.4. The number of benzene rings is 1. The highest BCUT2D eigenvalue weighted by atomic mass is 16.5. The van der Waals surface area contributed by atoms with Crippen molar-refractivity contribution in [2.75, 3.05) is 45.1 Å². The number of hydrogen-bond donors (Lipinski definition) is 2. The first-order valence-electron chi connectivity index (χ1n) is 7.90. The second-order valence-electron chi connectivity index (χ2n) is 5.23. The van der Waals surface area contributed by atoms with Gasteiger partial charge in [-0.3, -0.25) is 4.79 Å². The fourth-order valence-corrected chi connectivity index (χ4v) is 2.16. The van der Waals surface area contributed by atoms with Crippen molar-refractivity contribution in [3.8, 4) is 11.5 Å². The van der Waals surface area contributed by atoms with Gasteiger partial charge in [0.15, 0.2) is 0 Å². The first-order valence-corrected chi connectivity index (χ1v) is 7.90. The summed E-state index contributed by atoms with van der Waals surface area (Å²) in [7, 11) is 4.78. The lowest BCUT2D eigenvalue weighted by Gasteiger charge is -2.12. The number of anilines is 2. The standard InChI is InChI=1S/C18H23N3O4/c1-23-10-4-9-19-17-8-5-13(12-20-17)18(22)21-15-7-6-14(24-2)11-16(15)25-3/h5-8,11-12H,4,9-10H2,1-3H3,(H,19,20)(H,21,22). The highest BCUT2D eigenvalue weighted by molar-refractivity contribution is 6.05. The van der Waals surface area contributed by atoms with Crippen molar-refractivity contribution < 1.29 is 19.0 Å². The van der Waals surface area contributed by atoms with Crippen LogP contribution in [0.15, 0.2) is 36.5 Å². The zero-order valence-corrected chi connectivity index (χ0v) is 14.7. The minimum atomic E-state index is -0.262. The average molecular weight is 345 g/mol. The van der Waals surface area contributed by atoms with Crippen molar-refractivity contribution in [3.63, 3.8) is 0 Å². The van der Waals surface area contributed by atoms with Crippen LogP contribution in [0.4, 0.5) is 11.5 Å². The number of carbonyl (C=O) groups is 1. The lowest BCUT2D eigenvalue weighted by Crippen LogP contribution is -2.13. The van der Waals surface area contributed by atoms with E-state index in [-0.39, 0.29) is 5.91 Å². The third-order valence-corrected chi connectivity index (χ3v) is 3.51. The predicted octanol–water partition coefficient (Wildman–Crippen LogP) is 2.80. The molecule has 0 unspecified atom stereocenters. The molecule has 7 heteroatoms. The lowest BCUT2D eigenvalue weighted by molar-refractivity contribution is 0.102. The summed E-state index contributed by atoms with van der Waals surface area (Å²) in [5, 5.41) is 5.98. The molecular formula is C18H23N3O4. The van der Waals surface area contributed by atoms with Crippen LogP contribution in [-0.4, -0.2) is 45.4 Å². The van der Waals surface area contributed by atoms with Crippen LogP contribution in [0.1, 0.15) is 16.8 Å². The third kappa shape index (κ3) is 5.36. The predicted molar refractivity (Wildman–Crippen MR) is 96.7 cm³/mol. The molecule has 0 radical (unpaired) electrons. The minimum Gasteiger partial charge on any atom is -0.497 e. The van der Waals surface area contributed by atoms with Crippen molar-refractivity contribution in [2.45, 2.75) is 6.42 Å². The van der Waals surface area contributed by atoms with E-state index in [0.717, 1.165) is 18.8 Å². The zero-order valence-electron chi connectivity index (χ0n) is 14.7. The van der Waals surface area contributed by atoms with Crippen LogP contribution in [0.25, 0.3) is 0 Å². The van der Waals surface area contributed by atoms with Gasteiger partial charge in [-0.05, 0) is 30.7 Å². The molecule has 0 spiro atoms. The number of rotatable bonds is 9. The second kappa shape index (κ2) is 9.48. The van der Waals surface area contributed by atoms with E-state index in [4.69, 9.17) is 14.2 Å². The highest BCUT2D eigenvalue weighted by Gasteiger charge is 2.11. The van der Waals surface area contributed by atoms with E-state index in [9.17, 15) is 4.79 Å². The number of pyridine rings is 1. The summed E-state index contributed by atoms with van der Waals surface area (Å²) >= 11 is 0. The molecule has 1 amide bonds. The Kier molecular flexibility index (Phi) is 7.03. The number of nitrogens with one attached hydrogen (secondary N) is 2. The summed E-state index contributed by atoms with van der Waals surface area (Å²) in [6, 6.07) is 8.68. The zero-order chi connectivity index (χ0) is 18.1. The summed E-state index contributed by atoms with van der Waals surface area (Å²) in [4.78, 5) is 16.6. The van der Waals surface area contributed by atoms with E-state index in [1.165, 1.54) is 13.3 Å². The Hall–Kier alpha value is -2.80. The van der Waals surface area contributed by atoms with Crippen LogP contribution in [0.2, 0.25) is 0 Å². The number of amides is 1. The average Bonchev–Trinajstić information content (AvgIpc) is 2.66. The minimum absolute atomic E-state index is 0.262. The van der Waals surface area contributed by atoms with Crippen LogP contribution in [0, 0.1) is 0 Å². The molecule has 2 N–H and O–H groups in total. The molecule has 1 aromatic carbocycles. The number of nitrogens with zero attached hydrogens (tertiary/aromatic N) is 1. The van der Waals surface area contributed by atoms with Crippen LogP contribution >= 0.6 is 0 Å². The molecule has 7 nitrogen and oxygen atoms in total. The first-order chi connectivity index (χ1) is 12.2. The summed E-state index contributed by atoms with van der Waals surface area (Å²) in [6.07, 6.45) is 2.42. The molecule has 0 saturated carbocycles. The quantitative estimate of drug-likeness (QED) is 0.680. The van der Waals surface area contributed by atoms with Crippen molar-refractivity contribution in [1.82, 2.24) is 4.98 Å². The Morgan fingerprint density at radius 1 is 1.12 bits per heavy atom. The van der Waals surface area contributed by atoms with E-state index in [0.29, 0.717) is 29.4 Å². The molecule has 0 bridgehead atoms. The molecule has 0 atom stereocenters. The van der Waals surface area contributed by atoms with Gasteiger partial charge in [0.1, 0.15) is 17.3 Å². The summed E-state index contributed by atoms with van der Waals surface area (Å²) in [5.41, 5.74) is 1.02. The van der Waals surface area contributed by atoms with Crippen molar-refractivity contribution in [2.24, 2.45) is 0 Å². The Labute approximate surface area is 147 Å².